The van der Waals surface area contributed by atoms with Gasteiger partial charge in [0.2, 0.25) is 0 Å². The van der Waals surface area contributed by atoms with Crippen molar-refractivity contribution in [3.05, 3.63) is 70.2 Å². The van der Waals surface area contributed by atoms with E-state index in [-0.39, 0.29) is 11.7 Å². The Bertz CT molecular complexity index is 819. The number of carbonyl (C=O) groups is 2. The van der Waals surface area contributed by atoms with Gasteiger partial charge in [0.15, 0.2) is 12.8 Å². The fraction of sp³-hybridized carbons (Fsp3) is 0.350. The molecular formula is C20H22N2O4. The molecule has 1 aromatic heterocycles. The van der Waals surface area contributed by atoms with Gasteiger partial charge in [-0.05, 0) is 55.4 Å². The fourth-order valence-corrected chi connectivity index (χ4v) is 3.18. The van der Waals surface area contributed by atoms with Gasteiger partial charge in [0, 0.05) is 12.1 Å². The largest absolute Gasteiger partial charge is 0.618 e. The van der Waals surface area contributed by atoms with E-state index in [0.29, 0.717) is 4.73 Å². The molecule has 1 aromatic carbocycles. The van der Waals surface area contributed by atoms with Crippen LogP contribution in [-0.4, -0.2) is 18.5 Å². The maximum Gasteiger partial charge on any atom is 0.405 e. The summed E-state index contributed by atoms with van der Waals surface area (Å²) in [5.74, 6) is -1.23. The van der Waals surface area contributed by atoms with Crippen molar-refractivity contribution in [2.45, 2.75) is 38.6 Å². The SMILES string of the molecule is C[C@H](NC(=O)COC(=O)c1cccc[n+]1[O-])c1ccc2c(c1)CCCC2. The third-order valence-electron chi connectivity index (χ3n) is 4.62. The highest BCUT2D eigenvalue weighted by molar-refractivity contribution is 5.88. The first-order chi connectivity index (χ1) is 12.5. The Kier molecular flexibility index (Phi) is 5.51. The van der Waals surface area contributed by atoms with Gasteiger partial charge in [0.1, 0.15) is 0 Å². The van der Waals surface area contributed by atoms with E-state index >= 15 is 0 Å². The lowest BCUT2D eigenvalue weighted by Crippen LogP contribution is -2.36. The van der Waals surface area contributed by atoms with E-state index in [1.807, 2.05) is 13.0 Å². The molecule has 1 amide bonds. The van der Waals surface area contributed by atoms with E-state index in [2.05, 4.69) is 17.4 Å². The fourth-order valence-electron chi connectivity index (χ4n) is 3.18. The summed E-state index contributed by atoms with van der Waals surface area (Å²) in [6.45, 7) is 1.47. The Morgan fingerprint density at radius 1 is 1.19 bits per heavy atom. The van der Waals surface area contributed by atoms with Crippen LogP contribution >= 0.6 is 0 Å². The van der Waals surface area contributed by atoms with Gasteiger partial charge in [-0.25, -0.2) is 4.79 Å². The Labute approximate surface area is 152 Å². The molecule has 0 spiro atoms. The molecule has 2 aromatic rings. The highest BCUT2D eigenvalue weighted by Gasteiger charge is 2.19. The number of aromatic nitrogens is 1. The molecule has 0 saturated carbocycles. The van der Waals surface area contributed by atoms with Crippen molar-refractivity contribution < 1.29 is 19.1 Å². The highest BCUT2D eigenvalue weighted by Crippen LogP contribution is 2.24. The van der Waals surface area contributed by atoms with Crippen molar-refractivity contribution in [1.82, 2.24) is 5.32 Å². The molecule has 6 heteroatoms. The minimum Gasteiger partial charge on any atom is -0.618 e. The van der Waals surface area contributed by atoms with Crippen LogP contribution < -0.4 is 10.0 Å². The number of pyridine rings is 1. The summed E-state index contributed by atoms with van der Waals surface area (Å²) in [7, 11) is 0. The van der Waals surface area contributed by atoms with Gasteiger partial charge >= 0.3 is 11.7 Å². The van der Waals surface area contributed by atoms with E-state index in [1.54, 1.807) is 6.07 Å². The summed E-state index contributed by atoms with van der Waals surface area (Å²) in [6, 6.07) is 10.5. The molecule has 0 bridgehead atoms. The van der Waals surface area contributed by atoms with E-state index in [4.69, 9.17) is 4.74 Å². The average molecular weight is 354 g/mol. The van der Waals surface area contributed by atoms with Crippen LogP contribution in [0.5, 0.6) is 0 Å². The third kappa shape index (κ3) is 4.20. The number of amides is 1. The van der Waals surface area contributed by atoms with E-state index < -0.39 is 18.5 Å². The summed E-state index contributed by atoms with van der Waals surface area (Å²) < 4.78 is 5.34. The van der Waals surface area contributed by atoms with E-state index in [1.165, 1.54) is 42.3 Å². The number of hydrogen-bond donors (Lipinski definition) is 1. The van der Waals surface area contributed by atoms with Crippen molar-refractivity contribution in [3.8, 4) is 0 Å². The van der Waals surface area contributed by atoms with Crippen molar-refractivity contribution in [1.29, 1.82) is 0 Å². The molecular weight excluding hydrogens is 332 g/mol. The maximum absolute atomic E-state index is 12.1. The standard InChI is InChI=1S/C20H22N2O4/c1-14(16-10-9-15-6-2-3-7-17(15)12-16)21-19(23)13-26-20(24)18-8-4-5-11-22(18)25/h4-5,8-12,14H,2-3,6-7,13H2,1H3,(H,21,23)/t14-/m0/s1. The predicted molar refractivity (Wildman–Crippen MR) is 95.3 cm³/mol. The number of rotatable bonds is 5. The summed E-state index contributed by atoms with van der Waals surface area (Å²) in [5.41, 5.74) is 3.63. The first-order valence-electron chi connectivity index (χ1n) is 8.81. The molecule has 136 valence electrons. The van der Waals surface area contributed by atoms with E-state index in [0.717, 1.165) is 18.4 Å². The molecule has 26 heavy (non-hydrogen) atoms. The van der Waals surface area contributed by atoms with Crippen LogP contribution in [0.2, 0.25) is 0 Å². The molecule has 1 atom stereocenters. The molecule has 1 aliphatic carbocycles. The van der Waals surface area contributed by atoms with Crippen molar-refractivity contribution in [2.24, 2.45) is 0 Å². The number of hydrogen-bond acceptors (Lipinski definition) is 4. The second-order valence-corrected chi connectivity index (χ2v) is 6.51. The number of ether oxygens (including phenoxy) is 1. The molecule has 0 saturated heterocycles. The number of benzene rings is 1. The molecule has 1 N–H and O–H groups in total. The molecule has 0 radical (unpaired) electrons. The minimum atomic E-state index is -0.822. The molecule has 0 fully saturated rings. The number of aryl methyl sites for hydroxylation is 2. The number of esters is 1. The molecule has 6 nitrogen and oxygen atoms in total. The lowest BCUT2D eigenvalue weighted by atomic mass is 9.89. The summed E-state index contributed by atoms with van der Waals surface area (Å²) >= 11 is 0. The van der Waals surface area contributed by atoms with Crippen molar-refractivity contribution in [3.63, 3.8) is 0 Å². The monoisotopic (exact) mass is 354 g/mol. The zero-order valence-corrected chi connectivity index (χ0v) is 14.7. The Balaban J connectivity index is 1.54. The lowest BCUT2D eigenvalue weighted by molar-refractivity contribution is -0.608. The topological polar surface area (TPSA) is 82.3 Å². The highest BCUT2D eigenvalue weighted by atomic mass is 16.5. The molecule has 1 heterocycles. The lowest BCUT2D eigenvalue weighted by Gasteiger charge is -2.20. The van der Waals surface area contributed by atoms with Crippen molar-refractivity contribution >= 4 is 11.9 Å². The van der Waals surface area contributed by atoms with E-state index in [9.17, 15) is 14.8 Å². The Hall–Kier alpha value is -2.89. The predicted octanol–water partition coefficient (Wildman–Crippen LogP) is 2.23. The number of carbonyl (C=O) groups excluding carboxylic acids is 2. The average Bonchev–Trinajstić information content (AvgIpc) is 2.66. The van der Waals surface area contributed by atoms with Crippen LogP contribution in [0.4, 0.5) is 0 Å². The summed E-state index contributed by atoms with van der Waals surface area (Å²) in [5, 5.41) is 14.3. The zero-order chi connectivity index (χ0) is 18.5. The summed E-state index contributed by atoms with van der Waals surface area (Å²) in [4.78, 5) is 23.9. The van der Waals surface area contributed by atoms with Gasteiger partial charge in [-0.3, -0.25) is 4.79 Å². The van der Waals surface area contributed by atoms with Crippen LogP contribution in [0.1, 0.15) is 53.0 Å². The van der Waals surface area contributed by atoms with Gasteiger partial charge in [-0.2, -0.15) is 4.73 Å². The van der Waals surface area contributed by atoms with Crippen LogP contribution in [0.3, 0.4) is 0 Å². The van der Waals surface area contributed by atoms with Gasteiger partial charge in [-0.1, -0.05) is 18.2 Å². The van der Waals surface area contributed by atoms with Crippen LogP contribution in [0.15, 0.2) is 42.6 Å². The quantitative estimate of drug-likeness (QED) is 0.507. The smallest absolute Gasteiger partial charge is 0.405 e. The number of nitrogens with zero attached hydrogens (tertiary/aromatic N) is 1. The second-order valence-electron chi connectivity index (χ2n) is 6.51. The Morgan fingerprint density at radius 3 is 2.73 bits per heavy atom. The molecule has 1 aliphatic rings. The van der Waals surface area contributed by atoms with Crippen LogP contribution in [0, 0.1) is 5.21 Å². The van der Waals surface area contributed by atoms with Crippen molar-refractivity contribution in [2.75, 3.05) is 6.61 Å². The normalized spacial score (nSPS) is 14.2. The summed E-state index contributed by atoms with van der Waals surface area (Å²) in [6.07, 6.45) is 5.83. The molecule has 3 rings (SSSR count). The zero-order valence-electron chi connectivity index (χ0n) is 14.7. The Morgan fingerprint density at radius 2 is 1.96 bits per heavy atom. The first-order valence-corrected chi connectivity index (χ1v) is 8.81. The second kappa shape index (κ2) is 7.99. The van der Waals surface area contributed by atoms with Gasteiger partial charge < -0.3 is 15.3 Å². The van der Waals surface area contributed by atoms with Gasteiger partial charge in [0.25, 0.3) is 5.91 Å². The van der Waals surface area contributed by atoms with Crippen LogP contribution in [-0.2, 0) is 22.4 Å². The van der Waals surface area contributed by atoms with Gasteiger partial charge in [-0.15, -0.1) is 0 Å². The number of nitrogens with one attached hydrogen (secondary N) is 1. The maximum atomic E-state index is 12.1. The molecule has 0 unspecified atom stereocenters. The minimum absolute atomic E-state index is 0.150. The third-order valence-corrected chi connectivity index (χ3v) is 4.62. The van der Waals surface area contributed by atoms with Crippen LogP contribution in [0.25, 0.3) is 0 Å². The molecule has 0 aliphatic heterocycles. The van der Waals surface area contributed by atoms with Gasteiger partial charge in [0.05, 0.1) is 6.04 Å². The number of fused-ring (bicyclic) bond motifs is 1. The first kappa shape index (κ1) is 17.9.